The molecule has 0 bridgehead atoms. The van der Waals surface area contributed by atoms with Gasteiger partial charge in [0.25, 0.3) is 0 Å². The van der Waals surface area contributed by atoms with E-state index >= 15 is 0 Å². The number of para-hydroxylation sites is 1. The summed E-state index contributed by atoms with van der Waals surface area (Å²) in [6.45, 7) is 1.23. The van der Waals surface area contributed by atoms with Crippen LogP contribution in [0, 0.1) is 0 Å². The van der Waals surface area contributed by atoms with Crippen molar-refractivity contribution in [1.29, 1.82) is 0 Å². The van der Waals surface area contributed by atoms with E-state index in [0.29, 0.717) is 18.1 Å². The summed E-state index contributed by atoms with van der Waals surface area (Å²) >= 11 is 5.93. The number of rotatable bonds is 4. The Morgan fingerprint density at radius 3 is 2.48 bits per heavy atom. The zero-order valence-electron chi connectivity index (χ0n) is 14.9. The van der Waals surface area contributed by atoms with Crippen molar-refractivity contribution in [2.45, 2.75) is 18.9 Å². The molecule has 3 rings (SSSR count). The van der Waals surface area contributed by atoms with Crippen molar-refractivity contribution in [2.24, 2.45) is 0 Å². The average molecular weight is 384 g/mol. The summed E-state index contributed by atoms with van der Waals surface area (Å²) < 4.78 is 0. The summed E-state index contributed by atoms with van der Waals surface area (Å²) in [6.07, 6.45) is 4.72. The van der Waals surface area contributed by atoms with E-state index in [-0.39, 0.29) is 18.0 Å². The first-order valence-electron chi connectivity index (χ1n) is 8.95. The second-order valence-electron chi connectivity index (χ2n) is 6.45. The Morgan fingerprint density at radius 1 is 1.04 bits per heavy atom. The van der Waals surface area contributed by atoms with Crippen molar-refractivity contribution in [1.82, 2.24) is 10.2 Å². The minimum atomic E-state index is -0.137. The fraction of sp³-hybridized carbons (Fsp3) is 0.238. The first-order valence-corrected chi connectivity index (χ1v) is 9.33. The number of anilines is 1. The van der Waals surface area contributed by atoms with Gasteiger partial charge in [-0.25, -0.2) is 4.79 Å². The molecule has 3 amide bonds. The topological polar surface area (TPSA) is 61.4 Å². The Hall–Kier alpha value is -2.79. The van der Waals surface area contributed by atoms with Gasteiger partial charge < -0.3 is 15.5 Å². The number of carbonyl (C=O) groups is 2. The summed E-state index contributed by atoms with van der Waals surface area (Å²) in [5.41, 5.74) is 1.66. The molecule has 0 atom stereocenters. The van der Waals surface area contributed by atoms with E-state index in [1.807, 2.05) is 42.5 Å². The predicted molar refractivity (Wildman–Crippen MR) is 109 cm³/mol. The van der Waals surface area contributed by atoms with Crippen molar-refractivity contribution in [3.05, 3.63) is 71.3 Å². The Kier molecular flexibility index (Phi) is 6.49. The summed E-state index contributed by atoms with van der Waals surface area (Å²) in [5.74, 6) is -0.137. The fourth-order valence-electron chi connectivity index (χ4n) is 2.98. The molecule has 27 heavy (non-hydrogen) atoms. The van der Waals surface area contributed by atoms with Crippen molar-refractivity contribution in [2.75, 3.05) is 18.4 Å². The zero-order chi connectivity index (χ0) is 19.1. The number of nitrogens with zero attached hydrogens (tertiary/aromatic N) is 1. The Morgan fingerprint density at radius 2 is 1.78 bits per heavy atom. The number of amides is 3. The van der Waals surface area contributed by atoms with Gasteiger partial charge in [-0.2, -0.15) is 0 Å². The van der Waals surface area contributed by atoms with E-state index in [4.69, 9.17) is 11.6 Å². The number of hydrogen-bond acceptors (Lipinski definition) is 2. The molecule has 2 N–H and O–H groups in total. The van der Waals surface area contributed by atoms with Crippen LogP contribution in [-0.2, 0) is 4.79 Å². The normalized spacial score (nSPS) is 14.9. The van der Waals surface area contributed by atoms with Gasteiger partial charge in [0.2, 0.25) is 5.91 Å². The maximum absolute atomic E-state index is 12.3. The predicted octanol–water partition coefficient (Wildman–Crippen LogP) is 4.17. The van der Waals surface area contributed by atoms with Crippen LogP contribution in [0.1, 0.15) is 18.4 Å². The Bertz CT molecular complexity index is 815. The number of likely N-dealkylation sites (tertiary alicyclic amines) is 1. The van der Waals surface area contributed by atoms with Crippen molar-refractivity contribution in [3.63, 3.8) is 0 Å². The van der Waals surface area contributed by atoms with Crippen molar-refractivity contribution >= 4 is 35.3 Å². The minimum absolute atomic E-state index is 0.0716. The van der Waals surface area contributed by atoms with Gasteiger partial charge in [-0.3, -0.25) is 4.79 Å². The van der Waals surface area contributed by atoms with Gasteiger partial charge in [-0.1, -0.05) is 41.9 Å². The number of piperidine rings is 1. The molecule has 0 saturated carbocycles. The average Bonchev–Trinajstić information content (AvgIpc) is 2.68. The van der Waals surface area contributed by atoms with Crippen LogP contribution >= 0.6 is 11.6 Å². The third-order valence-electron chi connectivity index (χ3n) is 4.43. The Labute approximate surface area is 164 Å². The highest BCUT2D eigenvalue weighted by atomic mass is 35.5. The molecule has 0 unspecified atom stereocenters. The second-order valence-corrected chi connectivity index (χ2v) is 6.89. The molecule has 1 saturated heterocycles. The largest absolute Gasteiger partial charge is 0.350 e. The molecular formula is C21H22ClN3O2. The zero-order valence-corrected chi connectivity index (χ0v) is 15.7. The van der Waals surface area contributed by atoms with Crippen LogP contribution in [-0.4, -0.2) is 36.0 Å². The molecular weight excluding hydrogens is 362 g/mol. The number of benzene rings is 2. The number of nitrogens with one attached hydrogen (secondary N) is 2. The van der Waals surface area contributed by atoms with Crippen LogP contribution in [0.3, 0.4) is 0 Å². The van der Waals surface area contributed by atoms with Crippen LogP contribution in [0.15, 0.2) is 60.7 Å². The van der Waals surface area contributed by atoms with Gasteiger partial charge >= 0.3 is 6.03 Å². The summed E-state index contributed by atoms with van der Waals surface area (Å²) in [4.78, 5) is 26.2. The molecule has 1 aliphatic rings. The van der Waals surface area contributed by atoms with E-state index in [0.717, 1.165) is 24.1 Å². The molecule has 1 aliphatic heterocycles. The summed E-state index contributed by atoms with van der Waals surface area (Å²) in [5, 5.41) is 6.52. The standard InChI is InChI=1S/C21H22ClN3O2/c22-17-6-4-5-16(15-17)9-10-20(26)23-19-11-13-25(14-12-19)21(27)24-18-7-2-1-3-8-18/h1-10,15,19H,11-14H2,(H,23,26)(H,24,27)/b10-9+. The molecule has 0 aliphatic carbocycles. The smallest absolute Gasteiger partial charge is 0.321 e. The highest BCUT2D eigenvalue weighted by Gasteiger charge is 2.23. The van der Waals surface area contributed by atoms with Crippen LogP contribution in [0.25, 0.3) is 6.08 Å². The van der Waals surface area contributed by atoms with E-state index in [9.17, 15) is 9.59 Å². The first kappa shape index (κ1) is 19.0. The van der Waals surface area contributed by atoms with Gasteiger partial charge in [0.05, 0.1) is 0 Å². The quantitative estimate of drug-likeness (QED) is 0.778. The second kappa shape index (κ2) is 9.24. The molecule has 0 spiro atoms. The van der Waals surface area contributed by atoms with Crippen molar-refractivity contribution < 1.29 is 9.59 Å². The lowest BCUT2D eigenvalue weighted by atomic mass is 10.1. The molecule has 0 radical (unpaired) electrons. The molecule has 2 aromatic carbocycles. The monoisotopic (exact) mass is 383 g/mol. The van der Waals surface area contributed by atoms with E-state index in [1.54, 1.807) is 23.1 Å². The summed E-state index contributed by atoms with van der Waals surface area (Å²) in [6, 6.07) is 16.7. The maximum Gasteiger partial charge on any atom is 0.321 e. The lowest BCUT2D eigenvalue weighted by Crippen LogP contribution is -2.47. The van der Waals surface area contributed by atoms with Crippen LogP contribution in [0.4, 0.5) is 10.5 Å². The third-order valence-corrected chi connectivity index (χ3v) is 4.66. The fourth-order valence-corrected chi connectivity index (χ4v) is 3.18. The molecule has 5 nitrogen and oxygen atoms in total. The maximum atomic E-state index is 12.3. The highest BCUT2D eigenvalue weighted by Crippen LogP contribution is 2.14. The molecule has 6 heteroatoms. The van der Waals surface area contributed by atoms with Gasteiger partial charge in [0.1, 0.15) is 0 Å². The van der Waals surface area contributed by atoms with Gasteiger partial charge in [0.15, 0.2) is 0 Å². The molecule has 2 aromatic rings. The minimum Gasteiger partial charge on any atom is -0.350 e. The van der Waals surface area contributed by atoms with Crippen LogP contribution in [0.2, 0.25) is 5.02 Å². The van der Waals surface area contributed by atoms with Gasteiger partial charge in [-0.05, 0) is 48.7 Å². The van der Waals surface area contributed by atoms with Crippen molar-refractivity contribution in [3.8, 4) is 0 Å². The summed E-state index contributed by atoms with van der Waals surface area (Å²) in [7, 11) is 0. The third kappa shape index (κ3) is 5.86. The van der Waals surface area contributed by atoms with Crippen LogP contribution in [0.5, 0.6) is 0 Å². The van der Waals surface area contributed by atoms with Gasteiger partial charge in [0, 0.05) is 35.9 Å². The van der Waals surface area contributed by atoms with E-state index in [2.05, 4.69) is 10.6 Å². The molecule has 1 fully saturated rings. The lowest BCUT2D eigenvalue weighted by molar-refractivity contribution is -0.117. The number of carbonyl (C=O) groups excluding carboxylic acids is 2. The number of halogens is 1. The van der Waals surface area contributed by atoms with Crippen LogP contribution < -0.4 is 10.6 Å². The highest BCUT2D eigenvalue weighted by molar-refractivity contribution is 6.30. The Balaban J connectivity index is 1.43. The molecule has 1 heterocycles. The van der Waals surface area contributed by atoms with Gasteiger partial charge in [-0.15, -0.1) is 0 Å². The SMILES string of the molecule is O=C(/C=C/c1cccc(Cl)c1)NC1CCN(C(=O)Nc2ccccc2)CC1. The number of hydrogen-bond donors (Lipinski definition) is 2. The van der Waals surface area contributed by atoms with E-state index in [1.165, 1.54) is 6.08 Å². The first-order chi connectivity index (χ1) is 13.1. The lowest BCUT2D eigenvalue weighted by Gasteiger charge is -2.32. The molecule has 0 aromatic heterocycles. The number of urea groups is 1. The van der Waals surface area contributed by atoms with E-state index < -0.39 is 0 Å². The molecule has 140 valence electrons.